The van der Waals surface area contributed by atoms with Gasteiger partial charge in [0.05, 0.1) is 0 Å². The van der Waals surface area contributed by atoms with Gasteiger partial charge < -0.3 is 24.8 Å². The van der Waals surface area contributed by atoms with Gasteiger partial charge in [0.25, 0.3) is 5.56 Å². The number of aromatic nitrogens is 1. The maximum atomic E-state index is 11.7. The number of carbonyl (C=O) groups is 1. The van der Waals surface area contributed by atoms with Gasteiger partial charge in [-0.2, -0.15) is 0 Å². The average molecular weight is 285 g/mol. The summed E-state index contributed by atoms with van der Waals surface area (Å²) in [6.07, 6.45) is -3.44. The molecule has 20 heavy (non-hydrogen) atoms. The number of hydrogen-bond donors (Lipinski definition) is 3. The molecule has 2 heterocycles. The van der Waals surface area contributed by atoms with Crippen LogP contribution < -0.4 is 5.56 Å². The van der Waals surface area contributed by atoms with Crippen molar-refractivity contribution < 1.29 is 29.6 Å². The van der Waals surface area contributed by atoms with Gasteiger partial charge in [0.2, 0.25) is 0 Å². The quantitative estimate of drug-likeness (QED) is 0.593. The zero-order valence-corrected chi connectivity index (χ0v) is 10.7. The predicted molar refractivity (Wildman–Crippen MR) is 64.9 cm³/mol. The fourth-order valence-electron chi connectivity index (χ4n) is 1.99. The standard InChI is InChI=1S/C12H15NO7/c1-6(14)19-5-8-10(17)11(18)12(20-8)13-3-2-7(15)4-9(13)16/h2-4,8,10-12,15,17-18H,5H2,1H3/t8-,10-,11-,12-/m1/s1. The molecule has 1 aromatic rings. The highest BCUT2D eigenvalue weighted by Crippen LogP contribution is 2.28. The third kappa shape index (κ3) is 2.82. The molecular weight excluding hydrogens is 270 g/mol. The largest absolute Gasteiger partial charge is 0.508 e. The Hall–Kier alpha value is -1.90. The molecule has 0 radical (unpaired) electrons. The highest BCUT2D eigenvalue weighted by atomic mass is 16.6. The lowest BCUT2D eigenvalue weighted by Crippen LogP contribution is -2.35. The summed E-state index contributed by atoms with van der Waals surface area (Å²) >= 11 is 0. The Balaban J connectivity index is 2.17. The number of pyridine rings is 1. The van der Waals surface area contributed by atoms with E-state index in [0.717, 1.165) is 10.6 Å². The number of aliphatic hydroxyl groups is 2. The van der Waals surface area contributed by atoms with Crippen molar-refractivity contribution in [2.24, 2.45) is 0 Å². The third-order valence-electron chi connectivity index (χ3n) is 2.99. The highest BCUT2D eigenvalue weighted by Gasteiger charge is 2.44. The van der Waals surface area contributed by atoms with Crippen LogP contribution in [0, 0.1) is 0 Å². The molecule has 1 fully saturated rings. The first-order chi connectivity index (χ1) is 9.40. The lowest BCUT2D eigenvalue weighted by Gasteiger charge is -2.17. The topological polar surface area (TPSA) is 118 Å². The Morgan fingerprint density at radius 3 is 2.75 bits per heavy atom. The minimum Gasteiger partial charge on any atom is -0.508 e. The number of aliphatic hydroxyl groups excluding tert-OH is 2. The molecule has 110 valence electrons. The Morgan fingerprint density at radius 2 is 2.15 bits per heavy atom. The Labute approximate surface area is 113 Å². The number of aromatic hydroxyl groups is 1. The summed E-state index contributed by atoms with van der Waals surface area (Å²) in [6.45, 7) is 0.983. The molecule has 3 N–H and O–H groups in total. The van der Waals surface area contributed by atoms with Crippen molar-refractivity contribution in [2.45, 2.75) is 31.5 Å². The van der Waals surface area contributed by atoms with Crippen molar-refractivity contribution >= 4 is 5.97 Å². The van der Waals surface area contributed by atoms with Gasteiger partial charge in [0.15, 0.2) is 6.23 Å². The smallest absolute Gasteiger partial charge is 0.302 e. The first kappa shape index (κ1) is 14.5. The van der Waals surface area contributed by atoms with Crippen LogP contribution in [0.2, 0.25) is 0 Å². The van der Waals surface area contributed by atoms with Crippen LogP contribution in [0.4, 0.5) is 0 Å². The molecule has 0 bridgehead atoms. The normalized spacial score (nSPS) is 29.4. The summed E-state index contributed by atoms with van der Waals surface area (Å²) in [5, 5.41) is 28.9. The van der Waals surface area contributed by atoms with E-state index in [1.165, 1.54) is 19.2 Å². The van der Waals surface area contributed by atoms with Crippen molar-refractivity contribution in [1.29, 1.82) is 0 Å². The van der Waals surface area contributed by atoms with Gasteiger partial charge in [-0.1, -0.05) is 0 Å². The zero-order chi connectivity index (χ0) is 14.9. The number of hydrogen-bond acceptors (Lipinski definition) is 7. The van der Waals surface area contributed by atoms with E-state index in [9.17, 15) is 24.9 Å². The first-order valence-electron chi connectivity index (χ1n) is 5.96. The van der Waals surface area contributed by atoms with E-state index in [-0.39, 0.29) is 12.4 Å². The maximum Gasteiger partial charge on any atom is 0.302 e. The number of carbonyl (C=O) groups excluding carboxylic acids is 1. The molecule has 0 aliphatic carbocycles. The van der Waals surface area contributed by atoms with Crippen LogP contribution in [0.1, 0.15) is 13.2 Å². The monoisotopic (exact) mass is 285 g/mol. The van der Waals surface area contributed by atoms with Gasteiger partial charge in [-0.15, -0.1) is 0 Å². The lowest BCUT2D eigenvalue weighted by molar-refractivity contribution is -0.147. The van der Waals surface area contributed by atoms with Crippen LogP contribution in [0.15, 0.2) is 23.1 Å². The summed E-state index contributed by atoms with van der Waals surface area (Å²) in [6, 6.07) is 2.21. The molecule has 0 amide bonds. The van der Waals surface area contributed by atoms with Crippen LogP contribution in [0.3, 0.4) is 0 Å². The van der Waals surface area contributed by atoms with Crippen LogP contribution in [-0.2, 0) is 14.3 Å². The van der Waals surface area contributed by atoms with Crippen molar-refractivity contribution in [3.8, 4) is 5.75 Å². The summed E-state index contributed by atoms with van der Waals surface area (Å²) < 4.78 is 11.1. The minimum atomic E-state index is -1.35. The predicted octanol–water partition coefficient (Wildman–Crippen LogP) is -1.26. The molecule has 2 rings (SSSR count). The van der Waals surface area contributed by atoms with Gasteiger partial charge in [0, 0.05) is 19.2 Å². The Bertz CT molecular complexity index is 555. The third-order valence-corrected chi connectivity index (χ3v) is 2.99. The van der Waals surface area contributed by atoms with Gasteiger partial charge in [-0.3, -0.25) is 14.2 Å². The van der Waals surface area contributed by atoms with E-state index >= 15 is 0 Å². The van der Waals surface area contributed by atoms with Crippen LogP contribution in [0.5, 0.6) is 5.75 Å². The van der Waals surface area contributed by atoms with Gasteiger partial charge in [0.1, 0.15) is 30.7 Å². The molecular formula is C12H15NO7. The summed E-state index contributed by atoms with van der Waals surface area (Å²) in [7, 11) is 0. The van der Waals surface area contributed by atoms with E-state index in [1.54, 1.807) is 0 Å². The zero-order valence-electron chi connectivity index (χ0n) is 10.7. The molecule has 8 nitrogen and oxygen atoms in total. The van der Waals surface area contributed by atoms with Gasteiger partial charge >= 0.3 is 5.97 Å². The molecule has 1 aliphatic rings. The SMILES string of the molecule is CC(=O)OC[C@H]1O[C@@H](n2ccc(O)cc2=O)[C@H](O)[C@@H]1O. The Kier molecular flexibility index (Phi) is 4.07. The fraction of sp³-hybridized carbons (Fsp3) is 0.500. The second-order valence-electron chi connectivity index (χ2n) is 4.48. The van der Waals surface area contributed by atoms with Gasteiger partial charge in [-0.25, -0.2) is 0 Å². The molecule has 0 unspecified atom stereocenters. The second-order valence-corrected chi connectivity index (χ2v) is 4.48. The van der Waals surface area contributed by atoms with E-state index in [0.29, 0.717) is 0 Å². The van der Waals surface area contributed by atoms with Crippen LogP contribution in [-0.4, -0.2) is 50.8 Å². The second kappa shape index (κ2) is 5.61. The highest BCUT2D eigenvalue weighted by molar-refractivity contribution is 5.65. The number of nitrogens with zero attached hydrogens (tertiary/aromatic N) is 1. The molecule has 4 atom stereocenters. The van der Waals surface area contributed by atoms with Crippen LogP contribution >= 0.6 is 0 Å². The van der Waals surface area contributed by atoms with Crippen LogP contribution in [0.25, 0.3) is 0 Å². The van der Waals surface area contributed by atoms with Crippen molar-refractivity contribution in [2.75, 3.05) is 6.61 Å². The number of rotatable bonds is 3. The molecule has 0 aromatic carbocycles. The van der Waals surface area contributed by atoms with E-state index in [2.05, 4.69) is 0 Å². The van der Waals surface area contributed by atoms with Crippen molar-refractivity contribution in [1.82, 2.24) is 4.57 Å². The Morgan fingerprint density at radius 1 is 1.45 bits per heavy atom. The fourth-order valence-corrected chi connectivity index (χ4v) is 1.99. The molecule has 8 heteroatoms. The molecule has 0 spiro atoms. The molecule has 1 saturated heterocycles. The number of esters is 1. The summed E-state index contributed by atoms with van der Waals surface area (Å²) in [5.41, 5.74) is -0.589. The first-order valence-corrected chi connectivity index (χ1v) is 5.96. The van der Waals surface area contributed by atoms with Crippen molar-refractivity contribution in [3.63, 3.8) is 0 Å². The molecule has 1 aliphatic heterocycles. The molecule has 0 saturated carbocycles. The van der Waals surface area contributed by atoms with E-state index < -0.39 is 36.1 Å². The summed E-state index contributed by atoms with van der Waals surface area (Å²) in [4.78, 5) is 22.4. The number of ether oxygens (including phenoxy) is 2. The van der Waals surface area contributed by atoms with Gasteiger partial charge in [-0.05, 0) is 6.07 Å². The summed E-state index contributed by atoms with van der Waals surface area (Å²) in [5.74, 6) is -0.753. The minimum absolute atomic E-state index is 0.212. The van der Waals surface area contributed by atoms with E-state index in [1.807, 2.05) is 0 Å². The molecule has 1 aromatic heterocycles. The lowest BCUT2D eigenvalue weighted by atomic mass is 10.1. The average Bonchev–Trinajstić information content (AvgIpc) is 2.64. The van der Waals surface area contributed by atoms with E-state index in [4.69, 9.17) is 9.47 Å². The maximum absolute atomic E-state index is 11.7. The van der Waals surface area contributed by atoms with Crippen molar-refractivity contribution in [3.05, 3.63) is 28.7 Å².